The van der Waals surface area contributed by atoms with Crippen LogP contribution in [-0.4, -0.2) is 32.7 Å². The quantitative estimate of drug-likeness (QED) is 0.913. The Morgan fingerprint density at radius 2 is 2.04 bits per heavy atom. The van der Waals surface area contributed by atoms with E-state index < -0.39 is 10.0 Å². The highest BCUT2D eigenvalue weighted by atomic mass is 32.2. The third-order valence-electron chi connectivity index (χ3n) is 5.80. The molecule has 3 fully saturated rings. The molecule has 2 bridgehead atoms. The number of rotatable bonds is 3. The monoisotopic (exact) mass is 348 g/mol. The van der Waals surface area contributed by atoms with Gasteiger partial charge in [0.15, 0.2) is 0 Å². The molecule has 1 aromatic carbocycles. The van der Waals surface area contributed by atoms with Crippen LogP contribution in [0.2, 0.25) is 0 Å². The predicted octanol–water partition coefficient (Wildman–Crippen LogP) is 2.54. The molecule has 6 heteroatoms. The molecule has 1 amide bonds. The Morgan fingerprint density at radius 1 is 1.17 bits per heavy atom. The smallest absolute Gasteiger partial charge is 0.251 e. The maximum atomic E-state index is 12.6. The van der Waals surface area contributed by atoms with Gasteiger partial charge in [-0.25, -0.2) is 8.42 Å². The fourth-order valence-electron chi connectivity index (χ4n) is 4.55. The Kier molecular flexibility index (Phi) is 4.03. The topological polar surface area (TPSA) is 66.5 Å². The van der Waals surface area contributed by atoms with Crippen molar-refractivity contribution in [3.05, 3.63) is 29.8 Å². The minimum absolute atomic E-state index is 0.0798. The lowest BCUT2D eigenvalue weighted by Gasteiger charge is -2.28. The molecule has 4 rings (SSSR count). The molecular formula is C18H24N2O3S. The molecule has 1 N–H and O–H groups in total. The van der Waals surface area contributed by atoms with Crippen molar-refractivity contribution in [1.29, 1.82) is 0 Å². The van der Waals surface area contributed by atoms with Crippen LogP contribution < -0.4 is 9.62 Å². The molecule has 130 valence electrons. The molecule has 1 aliphatic heterocycles. The highest BCUT2D eigenvalue weighted by Crippen LogP contribution is 2.44. The Labute approximate surface area is 143 Å². The van der Waals surface area contributed by atoms with Crippen molar-refractivity contribution in [2.45, 2.75) is 44.6 Å². The van der Waals surface area contributed by atoms with Crippen molar-refractivity contribution in [3.8, 4) is 0 Å². The van der Waals surface area contributed by atoms with Crippen LogP contribution in [0.1, 0.15) is 48.9 Å². The predicted molar refractivity (Wildman–Crippen MR) is 93.5 cm³/mol. The first-order valence-electron chi connectivity index (χ1n) is 8.94. The molecule has 3 aliphatic rings. The van der Waals surface area contributed by atoms with E-state index in [1.165, 1.54) is 23.6 Å². The third kappa shape index (κ3) is 2.92. The van der Waals surface area contributed by atoms with E-state index in [9.17, 15) is 13.2 Å². The van der Waals surface area contributed by atoms with Gasteiger partial charge >= 0.3 is 0 Å². The first-order valence-corrected chi connectivity index (χ1v) is 10.6. The van der Waals surface area contributed by atoms with Crippen LogP contribution in [0, 0.1) is 11.8 Å². The molecule has 0 spiro atoms. The fourth-order valence-corrected chi connectivity index (χ4v) is 6.19. The van der Waals surface area contributed by atoms with E-state index in [4.69, 9.17) is 0 Å². The van der Waals surface area contributed by atoms with Gasteiger partial charge in [0.2, 0.25) is 10.0 Å². The number of hydrogen-bond donors (Lipinski definition) is 1. The van der Waals surface area contributed by atoms with E-state index in [1.54, 1.807) is 24.3 Å². The summed E-state index contributed by atoms with van der Waals surface area (Å²) in [4.78, 5) is 12.6. The van der Waals surface area contributed by atoms with Gasteiger partial charge in [-0.15, -0.1) is 0 Å². The average molecular weight is 348 g/mol. The second kappa shape index (κ2) is 6.06. The molecule has 3 atom stereocenters. The van der Waals surface area contributed by atoms with Gasteiger partial charge in [0.05, 0.1) is 11.4 Å². The van der Waals surface area contributed by atoms with Crippen molar-refractivity contribution >= 4 is 21.6 Å². The number of fused-ring (bicyclic) bond motifs is 2. The molecule has 1 heterocycles. The van der Waals surface area contributed by atoms with Crippen LogP contribution in [0.25, 0.3) is 0 Å². The molecule has 5 nitrogen and oxygen atoms in total. The summed E-state index contributed by atoms with van der Waals surface area (Å²) in [6, 6.07) is 7.32. The van der Waals surface area contributed by atoms with E-state index in [2.05, 4.69) is 5.32 Å². The number of carbonyl (C=O) groups is 1. The number of benzene rings is 1. The maximum Gasteiger partial charge on any atom is 0.251 e. The number of sulfonamides is 1. The van der Waals surface area contributed by atoms with Crippen LogP contribution in [0.3, 0.4) is 0 Å². The van der Waals surface area contributed by atoms with Crippen molar-refractivity contribution in [1.82, 2.24) is 5.32 Å². The molecule has 0 unspecified atom stereocenters. The normalized spacial score (nSPS) is 31.2. The Balaban J connectivity index is 1.51. The SMILES string of the molecule is O=C(N[C@@H]1C[C@@H]2CC[C@@H]1C2)c1cccc(N2CCCCS2(=O)=O)c1. The molecule has 2 aliphatic carbocycles. The van der Waals surface area contributed by atoms with E-state index in [-0.39, 0.29) is 11.7 Å². The molecular weight excluding hydrogens is 324 g/mol. The number of nitrogens with one attached hydrogen (secondary N) is 1. The summed E-state index contributed by atoms with van der Waals surface area (Å²) < 4.78 is 26.0. The minimum Gasteiger partial charge on any atom is -0.349 e. The zero-order chi connectivity index (χ0) is 16.7. The van der Waals surface area contributed by atoms with Gasteiger partial charge in [0.25, 0.3) is 5.91 Å². The summed E-state index contributed by atoms with van der Waals surface area (Å²) in [7, 11) is -3.25. The number of carbonyl (C=O) groups excluding carboxylic acids is 1. The number of amides is 1. The largest absolute Gasteiger partial charge is 0.349 e. The van der Waals surface area contributed by atoms with Gasteiger partial charge in [-0.05, 0) is 62.1 Å². The summed E-state index contributed by atoms with van der Waals surface area (Å²) in [5.41, 5.74) is 1.16. The van der Waals surface area contributed by atoms with Gasteiger partial charge in [-0.2, -0.15) is 0 Å². The molecule has 24 heavy (non-hydrogen) atoms. The van der Waals surface area contributed by atoms with Crippen molar-refractivity contribution in [2.24, 2.45) is 11.8 Å². The minimum atomic E-state index is -3.25. The standard InChI is InChI=1S/C18H24N2O3S/c21-18(19-17-11-13-6-7-14(17)10-13)15-4-3-5-16(12-15)20-8-1-2-9-24(20,22)23/h3-5,12-14,17H,1-2,6-11H2,(H,19,21)/t13-,14-,17-/m1/s1. The zero-order valence-corrected chi connectivity index (χ0v) is 14.6. The highest BCUT2D eigenvalue weighted by molar-refractivity contribution is 7.92. The number of hydrogen-bond acceptors (Lipinski definition) is 3. The van der Waals surface area contributed by atoms with E-state index in [1.807, 2.05) is 0 Å². The molecule has 1 saturated heterocycles. The highest BCUT2D eigenvalue weighted by Gasteiger charge is 2.40. The summed E-state index contributed by atoms with van der Waals surface area (Å²) >= 11 is 0. The van der Waals surface area contributed by atoms with Gasteiger partial charge in [-0.1, -0.05) is 12.5 Å². The van der Waals surface area contributed by atoms with Gasteiger partial charge < -0.3 is 5.32 Å². The maximum absolute atomic E-state index is 12.6. The van der Waals surface area contributed by atoms with Gasteiger partial charge in [-0.3, -0.25) is 9.10 Å². The van der Waals surface area contributed by atoms with E-state index in [0.29, 0.717) is 36.2 Å². The van der Waals surface area contributed by atoms with Crippen molar-refractivity contribution in [3.63, 3.8) is 0 Å². The summed E-state index contributed by atoms with van der Waals surface area (Å²) in [6.07, 6.45) is 6.44. The van der Waals surface area contributed by atoms with Crippen molar-refractivity contribution < 1.29 is 13.2 Å². The molecule has 0 radical (unpaired) electrons. The Hall–Kier alpha value is -1.56. The number of anilines is 1. The first-order chi connectivity index (χ1) is 11.5. The van der Waals surface area contributed by atoms with E-state index >= 15 is 0 Å². The average Bonchev–Trinajstić information content (AvgIpc) is 3.17. The van der Waals surface area contributed by atoms with Crippen LogP contribution in [0.15, 0.2) is 24.3 Å². The molecule has 2 saturated carbocycles. The zero-order valence-electron chi connectivity index (χ0n) is 13.8. The molecule has 1 aromatic rings. The lowest BCUT2D eigenvalue weighted by molar-refractivity contribution is 0.0923. The Morgan fingerprint density at radius 3 is 2.75 bits per heavy atom. The lowest BCUT2D eigenvalue weighted by atomic mass is 9.95. The second-order valence-electron chi connectivity index (χ2n) is 7.40. The third-order valence-corrected chi connectivity index (χ3v) is 7.67. The van der Waals surface area contributed by atoms with Gasteiger partial charge in [0, 0.05) is 18.2 Å². The fraction of sp³-hybridized carbons (Fsp3) is 0.611. The number of nitrogens with zero attached hydrogens (tertiary/aromatic N) is 1. The summed E-state index contributed by atoms with van der Waals surface area (Å²) in [6.45, 7) is 0.500. The Bertz CT molecular complexity index is 746. The van der Waals surface area contributed by atoms with Crippen LogP contribution in [0.5, 0.6) is 0 Å². The lowest BCUT2D eigenvalue weighted by Crippen LogP contribution is -2.39. The second-order valence-corrected chi connectivity index (χ2v) is 9.41. The first kappa shape index (κ1) is 15.9. The summed E-state index contributed by atoms with van der Waals surface area (Å²) in [5.74, 6) is 1.52. The summed E-state index contributed by atoms with van der Waals surface area (Å²) in [5, 5.41) is 3.17. The van der Waals surface area contributed by atoms with Crippen molar-refractivity contribution in [2.75, 3.05) is 16.6 Å². The van der Waals surface area contributed by atoms with E-state index in [0.717, 1.165) is 18.8 Å². The van der Waals surface area contributed by atoms with Crippen LogP contribution in [-0.2, 0) is 10.0 Å². The van der Waals surface area contributed by atoms with Crippen LogP contribution in [0.4, 0.5) is 5.69 Å². The van der Waals surface area contributed by atoms with Gasteiger partial charge in [0.1, 0.15) is 0 Å². The molecule has 0 aromatic heterocycles. The van der Waals surface area contributed by atoms with Crippen LogP contribution >= 0.6 is 0 Å².